The molecule has 5 aliphatic heterocycles. The molecule has 0 aromatic carbocycles. The number of aliphatic hydroxyl groups is 2. The Morgan fingerprint density at radius 1 is 0.979 bits per heavy atom. The monoisotopic (exact) mass is 668 g/mol. The summed E-state index contributed by atoms with van der Waals surface area (Å²) >= 11 is 0. The molecule has 5 heterocycles. The Balaban J connectivity index is 1.29. The standard InChI is InChI=1S/C37H64O10/c1-11-35(32-21(3)17-27(43-32)29-20(2)16-23(5)37(41,19-38)46-29)13-12-28(44-35)34(9)14-15-36(47-34)18-22(4)24(6)31(45-36)25(7)30(42-10)26(8)33(39)40/h20-32,38,41H,11-19H2,1-10H3,(H,39,40)/t20-,21-,22-,23+,24+,25-,26-,27?,28?,29?,30+,31?,32?,34-,35-,36+,37-/m0/s1. The largest absolute Gasteiger partial charge is 0.481 e. The van der Waals surface area contributed by atoms with Crippen molar-refractivity contribution in [1.82, 2.24) is 0 Å². The van der Waals surface area contributed by atoms with Crippen LogP contribution in [-0.2, 0) is 33.2 Å². The van der Waals surface area contributed by atoms with Gasteiger partial charge in [-0.25, -0.2) is 0 Å². The number of aliphatic carboxylic acids is 1. The minimum atomic E-state index is -1.55. The molecule has 0 amide bonds. The van der Waals surface area contributed by atoms with E-state index >= 15 is 0 Å². The van der Waals surface area contributed by atoms with Crippen LogP contribution in [0.3, 0.4) is 0 Å². The van der Waals surface area contributed by atoms with E-state index in [0.29, 0.717) is 5.92 Å². The normalized spacial score (nSPS) is 50.9. The lowest BCUT2D eigenvalue weighted by Crippen LogP contribution is -2.56. The third-order valence-corrected chi connectivity index (χ3v) is 13.4. The molecule has 0 saturated carbocycles. The van der Waals surface area contributed by atoms with E-state index in [1.54, 1.807) is 14.0 Å². The van der Waals surface area contributed by atoms with Crippen LogP contribution in [0.5, 0.6) is 0 Å². The van der Waals surface area contributed by atoms with Crippen molar-refractivity contribution in [2.45, 2.75) is 173 Å². The van der Waals surface area contributed by atoms with E-state index in [1.165, 1.54) is 0 Å². The Bertz CT molecular complexity index is 1110. The topological polar surface area (TPSA) is 133 Å². The second kappa shape index (κ2) is 13.7. The lowest BCUT2D eigenvalue weighted by molar-refractivity contribution is -0.331. The number of hydrogen-bond acceptors (Lipinski definition) is 9. The van der Waals surface area contributed by atoms with E-state index < -0.39 is 47.4 Å². The Morgan fingerprint density at radius 2 is 1.68 bits per heavy atom. The molecule has 5 unspecified atom stereocenters. The quantitative estimate of drug-likeness (QED) is 0.272. The van der Waals surface area contributed by atoms with E-state index in [9.17, 15) is 20.1 Å². The first-order chi connectivity index (χ1) is 22.0. The molecule has 272 valence electrons. The molecular formula is C37H64O10. The lowest BCUT2D eigenvalue weighted by Gasteiger charge is -2.49. The Morgan fingerprint density at radius 3 is 2.30 bits per heavy atom. The second-order valence-electron chi connectivity index (χ2n) is 16.7. The molecule has 0 aromatic heterocycles. The van der Waals surface area contributed by atoms with E-state index in [4.69, 9.17) is 28.4 Å². The van der Waals surface area contributed by atoms with Gasteiger partial charge in [0.15, 0.2) is 11.6 Å². The molecule has 17 atom stereocenters. The number of ether oxygens (including phenoxy) is 6. The minimum absolute atomic E-state index is 0.113. The summed E-state index contributed by atoms with van der Waals surface area (Å²) < 4.78 is 39.9. The number of hydrogen-bond donors (Lipinski definition) is 3. The molecule has 5 aliphatic rings. The van der Waals surface area contributed by atoms with Gasteiger partial charge in [0.2, 0.25) is 0 Å². The molecule has 0 radical (unpaired) electrons. The zero-order valence-electron chi connectivity index (χ0n) is 30.6. The second-order valence-corrected chi connectivity index (χ2v) is 16.7. The fourth-order valence-corrected chi connectivity index (χ4v) is 10.2. The van der Waals surface area contributed by atoms with Crippen LogP contribution in [0.2, 0.25) is 0 Å². The summed E-state index contributed by atoms with van der Waals surface area (Å²) in [7, 11) is 1.59. The number of methoxy groups -OCH3 is 1. The fourth-order valence-electron chi connectivity index (χ4n) is 10.2. The zero-order valence-corrected chi connectivity index (χ0v) is 30.6. The maximum atomic E-state index is 11.9. The van der Waals surface area contributed by atoms with Crippen LogP contribution in [0.15, 0.2) is 0 Å². The molecule has 10 nitrogen and oxygen atoms in total. The molecule has 0 aliphatic carbocycles. The summed E-state index contributed by atoms with van der Waals surface area (Å²) in [5, 5.41) is 30.7. The first-order valence-electron chi connectivity index (χ1n) is 18.5. The molecule has 1 spiro atoms. The first-order valence-corrected chi connectivity index (χ1v) is 18.5. The number of carbonyl (C=O) groups is 1. The van der Waals surface area contributed by atoms with Gasteiger partial charge in [-0.05, 0) is 76.0 Å². The van der Waals surface area contributed by atoms with Crippen LogP contribution in [0.25, 0.3) is 0 Å². The van der Waals surface area contributed by atoms with Gasteiger partial charge >= 0.3 is 5.97 Å². The van der Waals surface area contributed by atoms with Gasteiger partial charge in [-0.3, -0.25) is 4.79 Å². The molecule has 3 N–H and O–H groups in total. The van der Waals surface area contributed by atoms with Crippen LogP contribution >= 0.6 is 0 Å². The van der Waals surface area contributed by atoms with Crippen molar-refractivity contribution in [3.8, 4) is 0 Å². The highest BCUT2D eigenvalue weighted by atomic mass is 16.7. The summed E-state index contributed by atoms with van der Waals surface area (Å²) in [5.41, 5.74) is -0.986. The third-order valence-electron chi connectivity index (χ3n) is 13.4. The molecule has 5 rings (SSSR count). The van der Waals surface area contributed by atoms with Crippen molar-refractivity contribution in [2.24, 2.45) is 41.4 Å². The molecule has 5 saturated heterocycles. The van der Waals surface area contributed by atoms with Crippen molar-refractivity contribution in [3.05, 3.63) is 0 Å². The van der Waals surface area contributed by atoms with Crippen molar-refractivity contribution in [2.75, 3.05) is 13.7 Å². The lowest BCUT2D eigenvalue weighted by atomic mass is 9.74. The Kier molecular flexibility index (Phi) is 10.9. The number of rotatable bonds is 10. The molecule has 47 heavy (non-hydrogen) atoms. The molecule has 10 heteroatoms. The maximum absolute atomic E-state index is 11.9. The van der Waals surface area contributed by atoms with Crippen LogP contribution in [-0.4, -0.2) is 94.4 Å². The predicted molar refractivity (Wildman–Crippen MR) is 175 cm³/mol. The average Bonchev–Trinajstić information content (AvgIpc) is 3.73. The summed E-state index contributed by atoms with van der Waals surface area (Å²) in [5.74, 6) is -3.11. The van der Waals surface area contributed by atoms with Gasteiger partial charge in [-0.2, -0.15) is 0 Å². The molecule has 5 fully saturated rings. The fraction of sp³-hybridized carbons (Fsp3) is 0.973. The van der Waals surface area contributed by atoms with Crippen LogP contribution < -0.4 is 0 Å². The van der Waals surface area contributed by atoms with Gasteiger partial charge in [0.05, 0.1) is 60.4 Å². The van der Waals surface area contributed by atoms with Crippen molar-refractivity contribution >= 4 is 5.97 Å². The van der Waals surface area contributed by atoms with Crippen LogP contribution in [0, 0.1) is 41.4 Å². The highest BCUT2D eigenvalue weighted by Gasteiger charge is 2.62. The Hall–Kier alpha value is -0.850. The highest BCUT2D eigenvalue weighted by molar-refractivity contribution is 5.70. The SMILES string of the molecule is CC[C@@]1(C2OC(C3O[C@@](O)(CO)[C@H](C)C[C@@H]3C)C[C@@H]2C)CCC([C@]2(C)CC[C@]3(C[C@H](C)[C@@H](C)C([C@@H](C)[C@@H](OC)[C@H](C)C(=O)O)O3)O2)O1. The smallest absolute Gasteiger partial charge is 0.308 e. The first kappa shape index (κ1) is 37.4. The van der Waals surface area contributed by atoms with Crippen LogP contribution in [0.1, 0.15) is 114 Å². The number of carboxylic acid groups (broad SMARTS) is 1. The van der Waals surface area contributed by atoms with Gasteiger partial charge < -0.3 is 43.7 Å². The summed E-state index contributed by atoms with van der Waals surface area (Å²) in [6.07, 6.45) is 5.11. The third kappa shape index (κ3) is 6.68. The van der Waals surface area contributed by atoms with E-state index in [-0.39, 0.29) is 60.1 Å². The van der Waals surface area contributed by atoms with Crippen LogP contribution in [0.4, 0.5) is 0 Å². The molecular weight excluding hydrogens is 604 g/mol. The predicted octanol–water partition coefficient (Wildman–Crippen LogP) is 5.55. The number of aliphatic hydroxyl groups excluding tert-OH is 1. The van der Waals surface area contributed by atoms with E-state index in [2.05, 4.69) is 41.5 Å². The molecule has 0 bridgehead atoms. The van der Waals surface area contributed by atoms with Crippen molar-refractivity contribution < 1.29 is 48.5 Å². The minimum Gasteiger partial charge on any atom is -0.481 e. The van der Waals surface area contributed by atoms with Gasteiger partial charge in [-0.1, -0.05) is 48.5 Å². The summed E-state index contributed by atoms with van der Waals surface area (Å²) in [4.78, 5) is 11.9. The van der Waals surface area contributed by atoms with Gasteiger partial charge in [0.25, 0.3) is 0 Å². The summed E-state index contributed by atoms with van der Waals surface area (Å²) in [6.45, 7) is 18.4. The van der Waals surface area contributed by atoms with E-state index in [1.807, 2.05) is 13.8 Å². The van der Waals surface area contributed by atoms with Crippen molar-refractivity contribution in [1.29, 1.82) is 0 Å². The Labute approximate surface area is 282 Å². The van der Waals surface area contributed by atoms with Crippen molar-refractivity contribution in [3.63, 3.8) is 0 Å². The zero-order chi connectivity index (χ0) is 34.7. The molecule has 0 aromatic rings. The van der Waals surface area contributed by atoms with Gasteiger partial charge in [0, 0.05) is 31.8 Å². The highest BCUT2D eigenvalue weighted by Crippen LogP contribution is 2.55. The van der Waals surface area contributed by atoms with Gasteiger partial charge in [-0.15, -0.1) is 0 Å². The van der Waals surface area contributed by atoms with E-state index in [0.717, 1.165) is 51.4 Å². The summed E-state index contributed by atoms with van der Waals surface area (Å²) in [6, 6.07) is 0. The van der Waals surface area contributed by atoms with Gasteiger partial charge in [0.1, 0.15) is 0 Å². The number of carboxylic acids is 1. The average molecular weight is 669 g/mol. The maximum Gasteiger partial charge on any atom is 0.308 e.